The Bertz CT molecular complexity index is 295. The van der Waals surface area contributed by atoms with E-state index in [2.05, 4.69) is 42.2 Å². The topological polar surface area (TPSA) is 28.2 Å². The van der Waals surface area contributed by atoms with Gasteiger partial charge in [-0.3, -0.25) is 9.88 Å². The molecule has 0 spiro atoms. The Labute approximate surface area is 98.9 Å². The van der Waals surface area contributed by atoms with Gasteiger partial charge < -0.3 is 5.32 Å². The highest BCUT2D eigenvalue weighted by Gasteiger charge is 2.19. The molecule has 0 unspecified atom stereocenters. The zero-order valence-electron chi connectivity index (χ0n) is 10.8. The molecule has 0 aliphatic heterocycles. The molecule has 0 aromatic carbocycles. The number of rotatable bonds is 6. The van der Waals surface area contributed by atoms with Crippen LogP contribution in [0.2, 0.25) is 0 Å². The maximum atomic E-state index is 4.34. The Hall–Kier alpha value is -0.930. The highest BCUT2D eigenvalue weighted by Crippen LogP contribution is 2.15. The minimum Gasteiger partial charge on any atom is -0.319 e. The SMILES string of the molecule is CNCC(C)(C)CN(C)Cc1ccccn1. The largest absolute Gasteiger partial charge is 0.319 e. The van der Waals surface area contributed by atoms with E-state index in [9.17, 15) is 0 Å². The molecular weight excluding hydrogens is 198 g/mol. The van der Waals surface area contributed by atoms with E-state index in [1.807, 2.05) is 25.4 Å². The predicted octanol–water partition coefficient (Wildman–Crippen LogP) is 1.76. The quantitative estimate of drug-likeness (QED) is 0.793. The summed E-state index contributed by atoms with van der Waals surface area (Å²) in [5.74, 6) is 0. The van der Waals surface area contributed by atoms with Crippen molar-refractivity contribution in [2.24, 2.45) is 5.41 Å². The fourth-order valence-corrected chi connectivity index (χ4v) is 2.09. The zero-order chi connectivity index (χ0) is 12.0. The third-order valence-electron chi connectivity index (χ3n) is 2.51. The maximum Gasteiger partial charge on any atom is 0.0543 e. The Morgan fingerprint density at radius 2 is 2.12 bits per heavy atom. The van der Waals surface area contributed by atoms with Crippen LogP contribution in [0.4, 0.5) is 0 Å². The second kappa shape index (κ2) is 5.97. The van der Waals surface area contributed by atoms with Crippen molar-refractivity contribution in [1.29, 1.82) is 0 Å². The lowest BCUT2D eigenvalue weighted by Crippen LogP contribution is -2.37. The molecule has 0 amide bonds. The molecule has 0 fully saturated rings. The van der Waals surface area contributed by atoms with Crippen molar-refractivity contribution >= 4 is 0 Å². The van der Waals surface area contributed by atoms with Crippen molar-refractivity contribution in [2.75, 3.05) is 27.2 Å². The number of nitrogens with one attached hydrogen (secondary N) is 1. The van der Waals surface area contributed by atoms with Crippen LogP contribution in [-0.4, -0.2) is 37.1 Å². The molecule has 1 heterocycles. The van der Waals surface area contributed by atoms with Crippen LogP contribution in [0.25, 0.3) is 0 Å². The van der Waals surface area contributed by atoms with Crippen molar-refractivity contribution < 1.29 is 0 Å². The van der Waals surface area contributed by atoms with E-state index in [1.165, 1.54) is 0 Å². The van der Waals surface area contributed by atoms with Gasteiger partial charge in [0.1, 0.15) is 0 Å². The van der Waals surface area contributed by atoms with Gasteiger partial charge in [-0.15, -0.1) is 0 Å². The summed E-state index contributed by atoms with van der Waals surface area (Å²) in [7, 11) is 4.15. The van der Waals surface area contributed by atoms with E-state index in [1.54, 1.807) is 0 Å². The van der Waals surface area contributed by atoms with Gasteiger partial charge in [0.2, 0.25) is 0 Å². The van der Waals surface area contributed by atoms with Gasteiger partial charge >= 0.3 is 0 Å². The van der Waals surface area contributed by atoms with Gasteiger partial charge in [-0.1, -0.05) is 19.9 Å². The van der Waals surface area contributed by atoms with Gasteiger partial charge in [-0.25, -0.2) is 0 Å². The summed E-state index contributed by atoms with van der Waals surface area (Å²) in [5, 5.41) is 3.23. The van der Waals surface area contributed by atoms with Crippen LogP contribution in [0.1, 0.15) is 19.5 Å². The molecule has 1 aromatic rings. The van der Waals surface area contributed by atoms with Crippen LogP contribution < -0.4 is 5.32 Å². The maximum absolute atomic E-state index is 4.34. The summed E-state index contributed by atoms with van der Waals surface area (Å²) >= 11 is 0. The van der Waals surface area contributed by atoms with Crippen LogP contribution in [-0.2, 0) is 6.54 Å². The average molecular weight is 221 g/mol. The van der Waals surface area contributed by atoms with E-state index in [0.29, 0.717) is 0 Å². The normalized spacial score (nSPS) is 12.1. The molecule has 1 aromatic heterocycles. The van der Waals surface area contributed by atoms with Crippen molar-refractivity contribution in [3.63, 3.8) is 0 Å². The molecule has 0 saturated carbocycles. The van der Waals surface area contributed by atoms with Gasteiger partial charge in [0, 0.05) is 25.8 Å². The van der Waals surface area contributed by atoms with Crippen LogP contribution >= 0.6 is 0 Å². The van der Waals surface area contributed by atoms with Crippen LogP contribution in [0.5, 0.6) is 0 Å². The Morgan fingerprint density at radius 1 is 1.38 bits per heavy atom. The smallest absolute Gasteiger partial charge is 0.0543 e. The average Bonchev–Trinajstić information content (AvgIpc) is 2.17. The molecule has 3 heteroatoms. The molecule has 0 bridgehead atoms. The number of aromatic nitrogens is 1. The van der Waals surface area contributed by atoms with E-state index in [4.69, 9.17) is 0 Å². The molecular formula is C13H23N3. The molecule has 0 aliphatic rings. The molecule has 90 valence electrons. The molecule has 0 atom stereocenters. The van der Waals surface area contributed by atoms with Gasteiger partial charge in [0.15, 0.2) is 0 Å². The number of nitrogens with zero attached hydrogens (tertiary/aromatic N) is 2. The molecule has 1 N–H and O–H groups in total. The molecule has 16 heavy (non-hydrogen) atoms. The van der Waals surface area contributed by atoms with Gasteiger partial charge in [0.25, 0.3) is 0 Å². The first-order valence-corrected chi connectivity index (χ1v) is 5.76. The number of hydrogen-bond acceptors (Lipinski definition) is 3. The van der Waals surface area contributed by atoms with E-state index in [0.717, 1.165) is 25.3 Å². The first kappa shape index (κ1) is 13.1. The molecule has 0 aliphatic carbocycles. The van der Waals surface area contributed by atoms with Crippen molar-refractivity contribution in [3.8, 4) is 0 Å². The summed E-state index contributed by atoms with van der Waals surface area (Å²) < 4.78 is 0. The fraction of sp³-hybridized carbons (Fsp3) is 0.615. The first-order valence-electron chi connectivity index (χ1n) is 5.76. The summed E-state index contributed by atoms with van der Waals surface area (Å²) in [6.07, 6.45) is 1.85. The third kappa shape index (κ3) is 4.73. The second-order valence-corrected chi connectivity index (χ2v) is 5.19. The van der Waals surface area contributed by atoms with E-state index < -0.39 is 0 Å². The summed E-state index contributed by atoms with van der Waals surface area (Å²) in [6, 6.07) is 6.06. The molecule has 3 nitrogen and oxygen atoms in total. The lowest BCUT2D eigenvalue weighted by atomic mass is 9.93. The van der Waals surface area contributed by atoms with Gasteiger partial charge in [-0.05, 0) is 31.6 Å². The van der Waals surface area contributed by atoms with Crippen molar-refractivity contribution in [1.82, 2.24) is 15.2 Å². The minimum absolute atomic E-state index is 0.290. The summed E-state index contributed by atoms with van der Waals surface area (Å²) in [4.78, 5) is 6.66. The lowest BCUT2D eigenvalue weighted by Gasteiger charge is -2.29. The van der Waals surface area contributed by atoms with Gasteiger partial charge in [0.05, 0.1) is 5.69 Å². The first-order chi connectivity index (χ1) is 7.53. The number of hydrogen-bond donors (Lipinski definition) is 1. The van der Waals surface area contributed by atoms with Crippen molar-refractivity contribution in [2.45, 2.75) is 20.4 Å². The van der Waals surface area contributed by atoms with Gasteiger partial charge in [-0.2, -0.15) is 0 Å². The lowest BCUT2D eigenvalue weighted by molar-refractivity contribution is 0.200. The fourth-order valence-electron chi connectivity index (χ4n) is 2.09. The summed E-state index contributed by atoms with van der Waals surface area (Å²) in [5.41, 5.74) is 1.42. The second-order valence-electron chi connectivity index (χ2n) is 5.19. The Morgan fingerprint density at radius 3 is 2.69 bits per heavy atom. The predicted molar refractivity (Wildman–Crippen MR) is 68.3 cm³/mol. The standard InChI is InChI=1S/C13H23N3/c1-13(2,10-14-3)11-16(4)9-12-7-5-6-8-15-12/h5-8,14H,9-11H2,1-4H3. The third-order valence-corrected chi connectivity index (χ3v) is 2.51. The Balaban J connectivity index is 2.44. The van der Waals surface area contributed by atoms with Crippen LogP contribution in [0, 0.1) is 5.41 Å². The highest BCUT2D eigenvalue weighted by atomic mass is 15.1. The highest BCUT2D eigenvalue weighted by molar-refractivity contribution is 5.03. The zero-order valence-corrected chi connectivity index (χ0v) is 10.8. The summed E-state index contributed by atoms with van der Waals surface area (Å²) in [6.45, 7) is 7.55. The van der Waals surface area contributed by atoms with E-state index in [-0.39, 0.29) is 5.41 Å². The molecule has 0 saturated heterocycles. The van der Waals surface area contributed by atoms with Crippen LogP contribution in [0.3, 0.4) is 0 Å². The Kier molecular flexibility index (Phi) is 4.90. The number of pyridine rings is 1. The monoisotopic (exact) mass is 221 g/mol. The van der Waals surface area contributed by atoms with Crippen LogP contribution in [0.15, 0.2) is 24.4 Å². The van der Waals surface area contributed by atoms with Crippen molar-refractivity contribution in [3.05, 3.63) is 30.1 Å². The minimum atomic E-state index is 0.290. The molecule has 0 radical (unpaired) electrons. The van der Waals surface area contributed by atoms with E-state index >= 15 is 0 Å². The molecule has 1 rings (SSSR count).